The highest BCUT2D eigenvalue weighted by Gasteiger charge is 2.22. The summed E-state index contributed by atoms with van der Waals surface area (Å²) in [6.45, 7) is 5.89. The summed E-state index contributed by atoms with van der Waals surface area (Å²) >= 11 is 1.62. The summed E-state index contributed by atoms with van der Waals surface area (Å²) in [5, 5.41) is 13.1. The number of benzene rings is 1. The van der Waals surface area contributed by atoms with Crippen molar-refractivity contribution in [1.82, 2.24) is 10.3 Å². The molecule has 0 spiro atoms. The molecule has 0 bridgehead atoms. The molecular weight excluding hydrogens is 360 g/mol. The van der Waals surface area contributed by atoms with Crippen LogP contribution in [0, 0.1) is 6.92 Å². The monoisotopic (exact) mass is 388 g/mol. The fourth-order valence-electron chi connectivity index (χ4n) is 2.77. The molecule has 0 aliphatic rings. The molecule has 2 N–H and O–H groups in total. The van der Waals surface area contributed by atoms with Crippen LogP contribution in [0.25, 0.3) is 0 Å². The molecule has 1 heterocycles. The van der Waals surface area contributed by atoms with Crippen molar-refractivity contribution >= 4 is 17.7 Å². The highest BCUT2D eigenvalue weighted by atomic mass is 32.2. The lowest BCUT2D eigenvalue weighted by Gasteiger charge is -2.23. The van der Waals surface area contributed by atoms with Gasteiger partial charge in [0.2, 0.25) is 5.88 Å². The van der Waals surface area contributed by atoms with Gasteiger partial charge in [0.05, 0.1) is 12.1 Å². The largest absolute Gasteiger partial charge is 0.438 e. The first-order valence-electron chi connectivity index (χ1n) is 9.26. The second kappa shape index (κ2) is 10.3. The van der Waals surface area contributed by atoms with Crippen molar-refractivity contribution in [1.29, 1.82) is 0 Å². The number of rotatable bonds is 9. The van der Waals surface area contributed by atoms with Crippen LogP contribution in [0.3, 0.4) is 0 Å². The van der Waals surface area contributed by atoms with E-state index in [4.69, 9.17) is 4.74 Å². The quantitative estimate of drug-likeness (QED) is 0.616. The van der Waals surface area contributed by atoms with Crippen LogP contribution in [0.1, 0.15) is 49.0 Å². The summed E-state index contributed by atoms with van der Waals surface area (Å²) in [6, 6.07) is 9.06. The van der Waals surface area contributed by atoms with Gasteiger partial charge < -0.3 is 15.2 Å². The van der Waals surface area contributed by atoms with Crippen LogP contribution < -0.4 is 10.1 Å². The maximum atomic E-state index is 12.8. The van der Waals surface area contributed by atoms with Crippen LogP contribution in [0.4, 0.5) is 0 Å². The van der Waals surface area contributed by atoms with Crippen LogP contribution >= 0.6 is 11.8 Å². The standard InChI is InChI=1S/C21H28N2O3S/c1-5-8-17(18(24)6-2)23-20(25)16-9-7-12-22-21(16)26-19-13-15(27-4)11-10-14(19)3/h7,9-13,17-18,24H,5-6,8H2,1-4H3,(H,23,25). The van der Waals surface area contributed by atoms with Crippen LogP contribution in [0.2, 0.25) is 0 Å². The molecule has 0 saturated carbocycles. The molecule has 5 nitrogen and oxygen atoms in total. The molecule has 27 heavy (non-hydrogen) atoms. The van der Waals surface area contributed by atoms with E-state index in [1.54, 1.807) is 30.1 Å². The number of aliphatic hydroxyl groups is 1. The Labute approximate surface area is 165 Å². The summed E-state index contributed by atoms with van der Waals surface area (Å²) in [5.41, 5.74) is 1.32. The van der Waals surface area contributed by atoms with Gasteiger partial charge in [-0.1, -0.05) is 26.3 Å². The van der Waals surface area contributed by atoms with Crippen molar-refractivity contribution in [2.45, 2.75) is 57.1 Å². The molecule has 1 aromatic carbocycles. The minimum atomic E-state index is -0.574. The summed E-state index contributed by atoms with van der Waals surface area (Å²) in [6.07, 6.45) is 5.20. The summed E-state index contributed by atoms with van der Waals surface area (Å²) in [4.78, 5) is 18.2. The Morgan fingerprint density at radius 2 is 2.11 bits per heavy atom. The average molecular weight is 389 g/mol. The Kier molecular flexibility index (Phi) is 8.13. The molecule has 2 aromatic rings. The summed E-state index contributed by atoms with van der Waals surface area (Å²) in [7, 11) is 0. The number of aromatic nitrogens is 1. The number of aliphatic hydroxyl groups excluding tert-OH is 1. The van der Waals surface area contributed by atoms with Crippen molar-refractivity contribution < 1.29 is 14.6 Å². The van der Waals surface area contributed by atoms with Crippen LogP contribution in [0.15, 0.2) is 41.4 Å². The fraction of sp³-hybridized carbons (Fsp3) is 0.429. The zero-order valence-corrected chi connectivity index (χ0v) is 17.2. The van der Waals surface area contributed by atoms with Gasteiger partial charge in [-0.15, -0.1) is 11.8 Å². The van der Waals surface area contributed by atoms with Gasteiger partial charge in [-0.2, -0.15) is 0 Å². The molecule has 2 unspecified atom stereocenters. The number of thioether (sulfide) groups is 1. The molecular formula is C21H28N2O3S. The lowest BCUT2D eigenvalue weighted by Crippen LogP contribution is -2.43. The first-order chi connectivity index (χ1) is 13.0. The van der Waals surface area contributed by atoms with E-state index < -0.39 is 6.10 Å². The Balaban J connectivity index is 2.25. The van der Waals surface area contributed by atoms with Crippen molar-refractivity contribution in [3.63, 3.8) is 0 Å². The van der Waals surface area contributed by atoms with Gasteiger partial charge >= 0.3 is 0 Å². The summed E-state index contributed by atoms with van der Waals surface area (Å²) in [5.74, 6) is 0.647. The topological polar surface area (TPSA) is 71.5 Å². The number of hydrogen-bond donors (Lipinski definition) is 2. The number of amides is 1. The second-order valence-electron chi connectivity index (χ2n) is 6.43. The van der Waals surface area contributed by atoms with E-state index in [0.717, 1.165) is 16.9 Å². The average Bonchev–Trinajstić information content (AvgIpc) is 2.69. The van der Waals surface area contributed by atoms with E-state index in [1.165, 1.54) is 0 Å². The molecule has 6 heteroatoms. The molecule has 2 rings (SSSR count). The number of pyridine rings is 1. The fourth-order valence-corrected chi connectivity index (χ4v) is 3.20. The Bertz CT molecular complexity index is 767. The first-order valence-corrected chi connectivity index (χ1v) is 10.5. The highest BCUT2D eigenvalue weighted by molar-refractivity contribution is 7.98. The lowest BCUT2D eigenvalue weighted by atomic mass is 10.0. The van der Waals surface area contributed by atoms with Crippen LogP contribution in [-0.2, 0) is 0 Å². The van der Waals surface area contributed by atoms with Crippen molar-refractivity contribution in [3.8, 4) is 11.6 Å². The second-order valence-corrected chi connectivity index (χ2v) is 7.31. The van der Waals surface area contributed by atoms with Crippen LogP contribution in [-0.4, -0.2) is 34.4 Å². The molecule has 1 amide bonds. The molecule has 0 aliphatic carbocycles. The van der Waals surface area contributed by atoms with E-state index >= 15 is 0 Å². The molecule has 146 valence electrons. The molecule has 0 saturated heterocycles. The predicted molar refractivity (Wildman–Crippen MR) is 110 cm³/mol. The Morgan fingerprint density at radius 3 is 2.78 bits per heavy atom. The minimum Gasteiger partial charge on any atom is -0.438 e. The SMILES string of the molecule is CCCC(NC(=O)c1cccnc1Oc1cc(SC)ccc1C)C(O)CC. The zero-order chi connectivity index (χ0) is 19.8. The predicted octanol–water partition coefficient (Wildman–Crippen LogP) is 4.57. The van der Waals surface area contributed by atoms with Gasteiger partial charge in [0.1, 0.15) is 11.3 Å². The van der Waals surface area contributed by atoms with Crippen molar-refractivity contribution in [2.75, 3.05) is 6.26 Å². The number of aryl methyl sites for hydroxylation is 1. The number of carbonyl (C=O) groups excluding carboxylic acids is 1. The van der Waals surface area contributed by atoms with Gasteiger partial charge in [0.15, 0.2) is 0 Å². The van der Waals surface area contributed by atoms with Crippen molar-refractivity contribution in [3.05, 3.63) is 47.7 Å². The van der Waals surface area contributed by atoms with Gasteiger partial charge in [-0.25, -0.2) is 4.98 Å². The zero-order valence-electron chi connectivity index (χ0n) is 16.4. The number of ether oxygens (including phenoxy) is 1. The number of carbonyl (C=O) groups is 1. The smallest absolute Gasteiger partial charge is 0.257 e. The first kappa shape index (κ1) is 21.3. The third kappa shape index (κ3) is 5.71. The lowest BCUT2D eigenvalue weighted by molar-refractivity contribution is 0.0809. The van der Waals surface area contributed by atoms with E-state index in [-0.39, 0.29) is 17.8 Å². The molecule has 2 atom stereocenters. The molecule has 1 aromatic heterocycles. The number of nitrogens with one attached hydrogen (secondary N) is 1. The van der Waals surface area contributed by atoms with Crippen molar-refractivity contribution in [2.24, 2.45) is 0 Å². The maximum Gasteiger partial charge on any atom is 0.257 e. The number of hydrogen-bond acceptors (Lipinski definition) is 5. The van der Waals surface area contributed by atoms with Gasteiger partial charge in [0.25, 0.3) is 5.91 Å². The van der Waals surface area contributed by atoms with E-state index in [2.05, 4.69) is 10.3 Å². The van der Waals surface area contributed by atoms with Crippen LogP contribution in [0.5, 0.6) is 11.6 Å². The molecule has 0 aliphatic heterocycles. The molecule has 0 radical (unpaired) electrons. The van der Waals surface area contributed by atoms with E-state index in [0.29, 0.717) is 24.2 Å². The van der Waals surface area contributed by atoms with E-state index in [1.807, 2.05) is 45.2 Å². The van der Waals surface area contributed by atoms with Gasteiger partial charge in [0, 0.05) is 11.1 Å². The number of nitrogens with zero attached hydrogens (tertiary/aromatic N) is 1. The third-order valence-electron chi connectivity index (χ3n) is 4.42. The normalized spacial score (nSPS) is 13.1. The van der Waals surface area contributed by atoms with E-state index in [9.17, 15) is 9.90 Å². The summed E-state index contributed by atoms with van der Waals surface area (Å²) < 4.78 is 5.98. The Hall–Kier alpha value is -2.05. The third-order valence-corrected chi connectivity index (χ3v) is 5.14. The highest BCUT2D eigenvalue weighted by Crippen LogP contribution is 2.30. The maximum absolute atomic E-state index is 12.8. The Morgan fingerprint density at radius 1 is 1.33 bits per heavy atom. The minimum absolute atomic E-state index is 0.262. The molecule has 0 fully saturated rings. The van der Waals surface area contributed by atoms with Gasteiger partial charge in [-0.3, -0.25) is 4.79 Å². The van der Waals surface area contributed by atoms with Gasteiger partial charge in [-0.05, 0) is 55.9 Å².